The summed E-state index contributed by atoms with van der Waals surface area (Å²) in [6, 6.07) is 7.08. The maximum Gasteiger partial charge on any atom is 0.245 e. The fourth-order valence-electron chi connectivity index (χ4n) is 1.45. The maximum absolute atomic E-state index is 12.8. The Morgan fingerprint density at radius 1 is 1.27 bits per heavy atom. The van der Waals surface area contributed by atoms with Gasteiger partial charge in [0.05, 0.1) is 0 Å². The predicted molar refractivity (Wildman–Crippen MR) is 61.4 cm³/mol. The second-order valence-electron chi connectivity index (χ2n) is 3.38. The molecule has 1 aromatic carbocycles. The summed E-state index contributed by atoms with van der Waals surface area (Å²) in [7, 11) is 1.77. The number of hydrogen-bond acceptors (Lipinski definition) is 1. The summed E-state index contributed by atoms with van der Waals surface area (Å²) in [5, 5.41) is 2.89. The second kappa shape index (κ2) is 6.18. The van der Waals surface area contributed by atoms with Gasteiger partial charge in [-0.05, 0) is 37.7 Å². The van der Waals surface area contributed by atoms with Gasteiger partial charge in [0, 0.05) is 10.4 Å². The summed E-state index contributed by atoms with van der Waals surface area (Å²) in [6.07, 6.45) is -1.85. The van der Waals surface area contributed by atoms with Crippen LogP contribution in [-0.2, 0) is 0 Å². The molecule has 15 heavy (non-hydrogen) atoms. The third-order valence-corrected chi connectivity index (χ3v) is 2.84. The van der Waals surface area contributed by atoms with Crippen molar-refractivity contribution < 1.29 is 8.78 Å². The zero-order valence-corrected chi connectivity index (χ0v) is 10.1. The Balaban J connectivity index is 2.74. The first kappa shape index (κ1) is 12.6. The molecule has 1 atom stereocenters. The van der Waals surface area contributed by atoms with Crippen LogP contribution in [0.5, 0.6) is 0 Å². The van der Waals surface area contributed by atoms with Gasteiger partial charge in [-0.25, -0.2) is 8.78 Å². The first-order chi connectivity index (χ1) is 7.15. The van der Waals surface area contributed by atoms with E-state index in [1.165, 1.54) is 0 Å². The van der Waals surface area contributed by atoms with Gasteiger partial charge in [0.1, 0.15) is 0 Å². The molecular formula is C11H14BrF2N. The minimum absolute atomic E-state index is 0.454. The van der Waals surface area contributed by atoms with Crippen LogP contribution in [-0.4, -0.2) is 20.0 Å². The van der Waals surface area contributed by atoms with Gasteiger partial charge in [-0.2, -0.15) is 0 Å². The number of halogens is 3. The van der Waals surface area contributed by atoms with Gasteiger partial charge in [0.25, 0.3) is 0 Å². The molecule has 0 bridgehead atoms. The number of hydrogen-bond donors (Lipinski definition) is 1. The zero-order valence-electron chi connectivity index (χ0n) is 8.51. The molecule has 0 fully saturated rings. The highest BCUT2D eigenvalue weighted by atomic mass is 79.9. The van der Waals surface area contributed by atoms with Crippen molar-refractivity contribution in [1.82, 2.24) is 5.32 Å². The first-order valence-corrected chi connectivity index (χ1v) is 5.62. The summed E-state index contributed by atoms with van der Waals surface area (Å²) in [6.45, 7) is 0.602. The van der Waals surface area contributed by atoms with Gasteiger partial charge in [0.15, 0.2) is 0 Å². The van der Waals surface area contributed by atoms with Crippen molar-refractivity contribution in [3.05, 3.63) is 34.3 Å². The molecule has 0 saturated carbocycles. The Bertz CT molecular complexity index is 287. The van der Waals surface area contributed by atoms with Crippen LogP contribution >= 0.6 is 15.9 Å². The van der Waals surface area contributed by atoms with Crippen molar-refractivity contribution in [3.63, 3.8) is 0 Å². The molecule has 0 heterocycles. The third-order valence-electron chi connectivity index (χ3n) is 2.31. The fourth-order valence-corrected chi connectivity index (χ4v) is 1.71. The Labute approximate surface area is 97.0 Å². The number of alkyl halides is 2. The van der Waals surface area contributed by atoms with E-state index in [0.29, 0.717) is 18.5 Å². The number of rotatable bonds is 5. The molecule has 0 saturated heterocycles. The lowest BCUT2D eigenvalue weighted by molar-refractivity contribution is 0.110. The molecule has 0 spiro atoms. The molecule has 1 aromatic rings. The average Bonchev–Trinajstić information content (AvgIpc) is 2.21. The van der Waals surface area contributed by atoms with Gasteiger partial charge in [-0.1, -0.05) is 28.1 Å². The van der Waals surface area contributed by atoms with E-state index >= 15 is 0 Å². The first-order valence-electron chi connectivity index (χ1n) is 4.83. The van der Waals surface area contributed by atoms with Gasteiger partial charge in [0.2, 0.25) is 6.43 Å². The quantitative estimate of drug-likeness (QED) is 0.870. The lowest BCUT2D eigenvalue weighted by atomic mass is 9.96. The summed E-state index contributed by atoms with van der Waals surface area (Å²) >= 11 is 3.28. The smallest absolute Gasteiger partial charge is 0.245 e. The molecule has 1 unspecified atom stereocenters. The Hall–Kier alpha value is -0.480. The Kier molecular flexibility index (Phi) is 5.19. The molecule has 1 nitrogen and oxygen atoms in total. The third kappa shape index (κ3) is 3.87. The Morgan fingerprint density at radius 2 is 1.87 bits per heavy atom. The summed E-state index contributed by atoms with van der Waals surface area (Å²) < 4.78 is 26.4. The summed E-state index contributed by atoms with van der Waals surface area (Å²) in [5.41, 5.74) is 0.698. The predicted octanol–water partition coefficient (Wildman–Crippen LogP) is 3.41. The van der Waals surface area contributed by atoms with Crippen LogP contribution in [0.15, 0.2) is 28.7 Å². The topological polar surface area (TPSA) is 12.0 Å². The molecule has 0 aliphatic heterocycles. The van der Waals surface area contributed by atoms with E-state index in [-0.39, 0.29) is 0 Å². The fraction of sp³-hybridized carbons (Fsp3) is 0.455. The van der Waals surface area contributed by atoms with Crippen molar-refractivity contribution in [2.24, 2.45) is 0 Å². The second-order valence-corrected chi connectivity index (χ2v) is 4.30. The van der Waals surface area contributed by atoms with Crippen LogP contribution in [0.1, 0.15) is 17.9 Å². The van der Waals surface area contributed by atoms with Crippen LogP contribution in [0, 0.1) is 0 Å². The molecule has 0 aliphatic rings. The van der Waals surface area contributed by atoms with E-state index in [9.17, 15) is 8.78 Å². The molecule has 0 aliphatic carbocycles. The van der Waals surface area contributed by atoms with Crippen LogP contribution < -0.4 is 5.32 Å². The molecule has 0 aromatic heterocycles. The molecule has 0 amide bonds. The Morgan fingerprint density at radius 3 is 2.33 bits per heavy atom. The standard InChI is InChI=1S/C11H14BrF2N/c1-15-7-6-10(11(13)14)8-2-4-9(12)5-3-8/h2-5,10-11,15H,6-7H2,1H3. The van der Waals surface area contributed by atoms with Crippen LogP contribution in [0.4, 0.5) is 8.78 Å². The van der Waals surface area contributed by atoms with Gasteiger partial charge in [-0.15, -0.1) is 0 Å². The summed E-state index contributed by atoms with van der Waals surface area (Å²) in [4.78, 5) is 0. The minimum atomic E-state index is -2.31. The van der Waals surface area contributed by atoms with Crippen molar-refractivity contribution in [1.29, 1.82) is 0 Å². The highest BCUT2D eigenvalue weighted by molar-refractivity contribution is 9.10. The monoisotopic (exact) mass is 277 g/mol. The van der Waals surface area contributed by atoms with Crippen molar-refractivity contribution in [2.75, 3.05) is 13.6 Å². The lowest BCUT2D eigenvalue weighted by Gasteiger charge is -2.16. The highest BCUT2D eigenvalue weighted by Gasteiger charge is 2.21. The van der Waals surface area contributed by atoms with Gasteiger partial charge >= 0.3 is 0 Å². The van der Waals surface area contributed by atoms with Gasteiger partial charge < -0.3 is 5.32 Å². The highest BCUT2D eigenvalue weighted by Crippen LogP contribution is 2.27. The lowest BCUT2D eigenvalue weighted by Crippen LogP contribution is -2.17. The summed E-state index contributed by atoms with van der Waals surface area (Å²) in [5.74, 6) is -0.675. The normalized spacial score (nSPS) is 13.1. The molecule has 4 heteroatoms. The largest absolute Gasteiger partial charge is 0.320 e. The van der Waals surface area contributed by atoms with Gasteiger partial charge in [-0.3, -0.25) is 0 Å². The molecule has 1 N–H and O–H groups in total. The molecule has 84 valence electrons. The molecule has 0 radical (unpaired) electrons. The zero-order chi connectivity index (χ0) is 11.3. The van der Waals surface area contributed by atoms with E-state index in [1.54, 1.807) is 31.3 Å². The maximum atomic E-state index is 12.8. The van der Waals surface area contributed by atoms with Crippen molar-refractivity contribution in [3.8, 4) is 0 Å². The SMILES string of the molecule is CNCCC(c1ccc(Br)cc1)C(F)F. The van der Waals surface area contributed by atoms with E-state index in [1.807, 2.05) is 0 Å². The van der Waals surface area contributed by atoms with E-state index in [4.69, 9.17) is 0 Å². The number of benzene rings is 1. The van der Waals surface area contributed by atoms with Crippen LogP contribution in [0.2, 0.25) is 0 Å². The average molecular weight is 278 g/mol. The number of nitrogens with one attached hydrogen (secondary N) is 1. The molecule has 1 rings (SSSR count). The van der Waals surface area contributed by atoms with Crippen LogP contribution in [0.3, 0.4) is 0 Å². The van der Waals surface area contributed by atoms with Crippen molar-refractivity contribution in [2.45, 2.75) is 18.8 Å². The van der Waals surface area contributed by atoms with E-state index in [0.717, 1.165) is 4.47 Å². The van der Waals surface area contributed by atoms with E-state index < -0.39 is 12.3 Å². The van der Waals surface area contributed by atoms with Crippen molar-refractivity contribution >= 4 is 15.9 Å². The van der Waals surface area contributed by atoms with Crippen LogP contribution in [0.25, 0.3) is 0 Å². The molecular weight excluding hydrogens is 264 g/mol. The van der Waals surface area contributed by atoms with E-state index in [2.05, 4.69) is 21.2 Å². The minimum Gasteiger partial charge on any atom is -0.320 e.